The summed E-state index contributed by atoms with van der Waals surface area (Å²) in [6, 6.07) is 14.0. The molecule has 2 aromatic rings. The number of aliphatic hydroxyl groups excluding tert-OH is 1. The van der Waals surface area contributed by atoms with Gasteiger partial charge in [0, 0.05) is 17.7 Å². The van der Waals surface area contributed by atoms with Crippen molar-refractivity contribution in [2.24, 2.45) is 0 Å². The van der Waals surface area contributed by atoms with Crippen LogP contribution in [0.5, 0.6) is 0 Å². The summed E-state index contributed by atoms with van der Waals surface area (Å²) in [5.41, 5.74) is 1.28. The van der Waals surface area contributed by atoms with E-state index >= 15 is 0 Å². The number of alkyl carbamates (subject to hydrolysis) is 1. The summed E-state index contributed by atoms with van der Waals surface area (Å²) in [6.07, 6.45) is 3.62. The molecule has 8 nitrogen and oxygen atoms in total. The van der Waals surface area contributed by atoms with Crippen LogP contribution in [0.15, 0.2) is 59.6 Å². The number of carbonyl (C=O) groups is 1. The Labute approximate surface area is 186 Å². The van der Waals surface area contributed by atoms with Crippen LogP contribution in [0.2, 0.25) is 0 Å². The fourth-order valence-electron chi connectivity index (χ4n) is 4.74. The molecule has 3 N–H and O–H groups in total. The number of hydrogen-bond acceptors (Lipinski definition) is 6. The van der Waals surface area contributed by atoms with Crippen molar-refractivity contribution in [2.45, 2.75) is 48.6 Å². The van der Waals surface area contributed by atoms with E-state index in [1.165, 1.54) is 4.31 Å². The van der Waals surface area contributed by atoms with Crippen LogP contribution in [0.4, 0.5) is 4.79 Å². The maximum Gasteiger partial charge on any atom is 0.407 e. The van der Waals surface area contributed by atoms with Gasteiger partial charge in [-0.25, -0.2) is 13.2 Å². The minimum absolute atomic E-state index is 0.160. The van der Waals surface area contributed by atoms with Crippen molar-refractivity contribution in [3.05, 3.63) is 71.4 Å². The minimum atomic E-state index is -3.82. The zero-order valence-corrected chi connectivity index (χ0v) is 18.2. The summed E-state index contributed by atoms with van der Waals surface area (Å²) in [7, 11) is -3.82. The number of aliphatic hydroxyl groups is 1. The number of nitrogens with one attached hydrogen (secondary N) is 2. The van der Waals surface area contributed by atoms with Gasteiger partial charge in [-0.3, -0.25) is 0 Å². The predicted molar refractivity (Wildman–Crippen MR) is 118 cm³/mol. The number of carbonyl (C=O) groups excluding carboxylic acids is 1. The van der Waals surface area contributed by atoms with Crippen LogP contribution in [0, 0.1) is 0 Å². The number of ether oxygens (including phenoxy) is 1. The molecule has 0 aromatic heterocycles. The van der Waals surface area contributed by atoms with E-state index in [4.69, 9.17) is 4.74 Å². The largest absolute Gasteiger partial charge is 0.445 e. The lowest BCUT2D eigenvalue weighted by Crippen LogP contribution is -2.49. The standard InChI is InChI=1S/C23H25N3O5S/c27-21-18-7-4-8-19(17(18)9-13-24-21)32(29,30)26-14-10-20(23(26)11-12-23)25-22(28)31-15-16-5-2-1-3-6-16/h1-9,13,20-21,24,27H,10-12,14-15H2,(H,25,28). The second-order valence-electron chi connectivity index (χ2n) is 8.39. The Morgan fingerprint density at radius 2 is 1.97 bits per heavy atom. The van der Waals surface area contributed by atoms with Crippen LogP contribution in [0.25, 0.3) is 6.08 Å². The molecule has 2 atom stereocenters. The van der Waals surface area contributed by atoms with Crippen molar-refractivity contribution in [3.8, 4) is 0 Å². The molecule has 2 aliphatic heterocycles. The number of nitrogens with zero attached hydrogens (tertiary/aromatic N) is 1. The van der Waals surface area contributed by atoms with Gasteiger partial charge in [-0.2, -0.15) is 4.31 Å². The highest BCUT2D eigenvalue weighted by Gasteiger charge is 2.62. The zero-order chi connectivity index (χ0) is 22.3. The quantitative estimate of drug-likeness (QED) is 0.639. The van der Waals surface area contributed by atoms with E-state index in [1.54, 1.807) is 30.5 Å². The Morgan fingerprint density at radius 3 is 2.72 bits per heavy atom. The van der Waals surface area contributed by atoms with Gasteiger partial charge in [0.25, 0.3) is 0 Å². The lowest BCUT2D eigenvalue weighted by atomic mass is 10.0. The molecule has 3 aliphatic rings. The third kappa shape index (κ3) is 3.56. The van der Waals surface area contributed by atoms with Gasteiger partial charge >= 0.3 is 6.09 Å². The predicted octanol–water partition coefficient (Wildman–Crippen LogP) is 2.47. The maximum atomic E-state index is 13.7. The van der Waals surface area contributed by atoms with Gasteiger partial charge in [0.1, 0.15) is 6.61 Å². The molecule has 1 amide bonds. The van der Waals surface area contributed by atoms with Crippen molar-refractivity contribution in [3.63, 3.8) is 0 Å². The van der Waals surface area contributed by atoms with Gasteiger partial charge in [-0.15, -0.1) is 0 Å². The summed E-state index contributed by atoms with van der Waals surface area (Å²) in [4.78, 5) is 12.6. The van der Waals surface area contributed by atoms with Gasteiger partial charge in [-0.1, -0.05) is 42.5 Å². The number of sulfonamides is 1. The average Bonchev–Trinajstić information content (AvgIpc) is 3.50. The van der Waals surface area contributed by atoms with Crippen molar-refractivity contribution in [1.82, 2.24) is 14.9 Å². The van der Waals surface area contributed by atoms with E-state index in [0.717, 1.165) is 5.56 Å². The first kappa shape index (κ1) is 21.0. The van der Waals surface area contributed by atoms with E-state index in [-0.39, 0.29) is 17.5 Å². The highest BCUT2D eigenvalue weighted by molar-refractivity contribution is 7.89. The molecule has 2 unspecified atom stereocenters. The Morgan fingerprint density at radius 1 is 1.19 bits per heavy atom. The Bertz CT molecular complexity index is 1160. The fraction of sp³-hybridized carbons (Fsp3) is 0.348. The normalized spacial score (nSPS) is 23.4. The molecule has 1 spiro atoms. The summed E-state index contributed by atoms with van der Waals surface area (Å²) in [6.45, 7) is 0.480. The van der Waals surface area contributed by atoms with Crippen LogP contribution in [0.1, 0.15) is 42.2 Å². The summed E-state index contributed by atoms with van der Waals surface area (Å²) in [5, 5.41) is 15.8. The molecule has 2 aromatic carbocycles. The van der Waals surface area contributed by atoms with Crippen LogP contribution < -0.4 is 10.6 Å². The van der Waals surface area contributed by atoms with Crippen molar-refractivity contribution in [2.75, 3.05) is 6.54 Å². The second kappa shape index (κ2) is 7.91. The Balaban J connectivity index is 1.33. The molecular formula is C23H25N3O5S. The number of benzene rings is 2. The number of hydrogen-bond donors (Lipinski definition) is 3. The number of amides is 1. The molecule has 0 radical (unpaired) electrons. The molecule has 2 heterocycles. The van der Waals surface area contributed by atoms with Crippen molar-refractivity contribution >= 4 is 22.2 Å². The molecule has 168 valence electrons. The van der Waals surface area contributed by atoms with Crippen LogP contribution in [0.3, 0.4) is 0 Å². The Kier molecular flexibility index (Phi) is 5.19. The molecule has 1 saturated heterocycles. The lowest BCUT2D eigenvalue weighted by molar-refractivity contribution is 0.132. The first-order chi connectivity index (χ1) is 15.4. The Hall–Kier alpha value is -2.88. The first-order valence-corrected chi connectivity index (χ1v) is 12.1. The molecule has 32 heavy (non-hydrogen) atoms. The third-order valence-corrected chi connectivity index (χ3v) is 8.54. The molecular weight excluding hydrogens is 430 g/mol. The van der Waals surface area contributed by atoms with Gasteiger partial charge in [-0.05, 0) is 43.2 Å². The van der Waals surface area contributed by atoms with Crippen LogP contribution >= 0.6 is 0 Å². The van der Waals surface area contributed by atoms with Crippen molar-refractivity contribution in [1.29, 1.82) is 0 Å². The summed E-state index contributed by atoms with van der Waals surface area (Å²) >= 11 is 0. The molecule has 1 aliphatic carbocycles. The van der Waals surface area contributed by atoms with Crippen molar-refractivity contribution < 1.29 is 23.1 Å². The van der Waals surface area contributed by atoms with Crippen LogP contribution in [-0.4, -0.2) is 42.0 Å². The van der Waals surface area contributed by atoms with Gasteiger partial charge in [0.05, 0.1) is 16.5 Å². The molecule has 5 rings (SSSR count). The van der Waals surface area contributed by atoms with Crippen LogP contribution in [-0.2, 0) is 21.4 Å². The average molecular weight is 456 g/mol. The zero-order valence-electron chi connectivity index (χ0n) is 17.4. The van der Waals surface area contributed by atoms with Gasteiger partial charge in [0.2, 0.25) is 10.0 Å². The topological polar surface area (TPSA) is 108 Å². The van der Waals surface area contributed by atoms with E-state index in [1.807, 2.05) is 30.3 Å². The fourth-order valence-corrected chi connectivity index (χ4v) is 6.83. The molecule has 1 saturated carbocycles. The highest BCUT2D eigenvalue weighted by atomic mass is 32.2. The molecule has 9 heteroatoms. The smallest absolute Gasteiger partial charge is 0.407 e. The van der Waals surface area contributed by atoms with E-state index in [9.17, 15) is 18.3 Å². The van der Waals surface area contributed by atoms with E-state index in [0.29, 0.717) is 36.9 Å². The SMILES string of the molecule is O=C(NC1CCN(S(=O)(=O)c2cccc3c2C=CNC3O)C12CC2)OCc1ccccc1. The van der Waals surface area contributed by atoms with Gasteiger partial charge in [0.15, 0.2) is 6.23 Å². The second-order valence-corrected chi connectivity index (χ2v) is 10.2. The first-order valence-electron chi connectivity index (χ1n) is 10.7. The lowest BCUT2D eigenvalue weighted by Gasteiger charge is -2.29. The highest BCUT2D eigenvalue weighted by Crippen LogP contribution is 2.52. The number of rotatable bonds is 5. The minimum Gasteiger partial charge on any atom is -0.445 e. The molecule has 0 bridgehead atoms. The monoisotopic (exact) mass is 455 g/mol. The molecule has 2 fully saturated rings. The van der Waals surface area contributed by atoms with E-state index in [2.05, 4.69) is 10.6 Å². The summed E-state index contributed by atoms with van der Waals surface area (Å²) in [5.74, 6) is 0. The number of fused-ring (bicyclic) bond motifs is 1. The van der Waals surface area contributed by atoms with Gasteiger partial charge < -0.3 is 20.5 Å². The summed E-state index contributed by atoms with van der Waals surface area (Å²) < 4.78 is 34.2. The third-order valence-electron chi connectivity index (χ3n) is 6.50. The maximum absolute atomic E-state index is 13.7. The van der Waals surface area contributed by atoms with E-state index < -0.39 is 27.9 Å².